The van der Waals surface area contributed by atoms with E-state index in [0.717, 1.165) is 37.1 Å². The number of nitrogens with one attached hydrogen (secondary N) is 3. The molecule has 1 aliphatic rings. The van der Waals surface area contributed by atoms with Crippen molar-refractivity contribution in [3.8, 4) is 0 Å². The fraction of sp³-hybridized carbons (Fsp3) is 0.450. The molecule has 10 heteroatoms. The molecule has 0 atom stereocenters. The standard InChI is InChI=1S/C20H27N7O3/c1-13-4-9-16(27(29)30)12-17(13)24-20(28)23-15-7-5-14(6-8-15)22-19-21-11-10-18(25-19)26(2)3/h4,9-12,14-15H,5-8H2,1-3H3,(H,21,22,25)(H2,23,24,28). The molecule has 1 fully saturated rings. The molecule has 2 aromatic rings. The highest BCUT2D eigenvalue weighted by Crippen LogP contribution is 2.24. The summed E-state index contributed by atoms with van der Waals surface area (Å²) in [5.74, 6) is 1.45. The highest BCUT2D eigenvalue weighted by molar-refractivity contribution is 5.90. The predicted molar refractivity (Wildman–Crippen MR) is 116 cm³/mol. The molecule has 1 aromatic carbocycles. The molecule has 0 radical (unpaired) electrons. The average molecular weight is 413 g/mol. The van der Waals surface area contributed by atoms with Crippen LogP contribution in [0.2, 0.25) is 0 Å². The maximum Gasteiger partial charge on any atom is 0.319 e. The molecule has 30 heavy (non-hydrogen) atoms. The number of benzene rings is 1. The Bertz CT molecular complexity index is 911. The number of carbonyl (C=O) groups is 1. The molecule has 1 aliphatic carbocycles. The van der Waals surface area contributed by atoms with Crippen LogP contribution in [0.3, 0.4) is 0 Å². The van der Waals surface area contributed by atoms with Gasteiger partial charge in [0, 0.05) is 44.5 Å². The van der Waals surface area contributed by atoms with Crippen LogP contribution in [0, 0.1) is 17.0 Å². The summed E-state index contributed by atoms with van der Waals surface area (Å²) in [6.07, 6.45) is 5.16. The van der Waals surface area contributed by atoms with Gasteiger partial charge < -0.3 is 20.9 Å². The van der Waals surface area contributed by atoms with E-state index >= 15 is 0 Å². The molecule has 0 aliphatic heterocycles. The molecule has 0 saturated heterocycles. The van der Waals surface area contributed by atoms with E-state index in [-0.39, 0.29) is 23.8 Å². The van der Waals surface area contributed by atoms with E-state index in [1.165, 1.54) is 12.1 Å². The van der Waals surface area contributed by atoms with E-state index in [4.69, 9.17) is 0 Å². The van der Waals surface area contributed by atoms with E-state index in [1.54, 1.807) is 19.2 Å². The van der Waals surface area contributed by atoms with E-state index in [1.807, 2.05) is 25.1 Å². The van der Waals surface area contributed by atoms with Crippen molar-refractivity contribution in [3.05, 3.63) is 46.1 Å². The molecule has 3 N–H and O–H groups in total. The number of anilines is 3. The summed E-state index contributed by atoms with van der Waals surface area (Å²) >= 11 is 0. The number of non-ortho nitro benzene ring substituents is 1. The smallest absolute Gasteiger partial charge is 0.319 e. The third kappa shape index (κ3) is 5.56. The molecule has 2 amide bonds. The van der Waals surface area contributed by atoms with Crippen molar-refractivity contribution in [1.29, 1.82) is 0 Å². The van der Waals surface area contributed by atoms with Gasteiger partial charge in [-0.25, -0.2) is 9.78 Å². The zero-order valence-electron chi connectivity index (χ0n) is 17.4. The summed E-state index contributed by atoms with van der Waals surface area (Å²) in [6, 6.07) is 6.23. The Labute approximate surface area is 175 Å². The minimum atomic E-state index is -0.477. The molecule has 1 aromatic heterocycles. The van der Waals surface area contributed by atoms with E-state index in [2.05, 4.69) is 25.9 Å². The maximum atomic E-state index is 12.4. The summed E-state index contributed by atoms with van der Waals surface area (Å²) in [5.41, 5.74) is 1.15. The van der Waals surface area contributed by atoms with Crippen molar-refractivity contribution < 1.29 is 9.72 Å². The van der Waals surface area contributed by atoms with Gasteiger partial charge in [0.05, 0.1) is 10.6 Å². The Balaban J connectivity index is 1.49. The molecular formula is C20H27N7O3. The molecule has 160 valence electrons. The molecule has 0 unspecified atom stereocenters. The normalized spacial score (nSPS) is 18.4. The van der Waals surface area contributed by atoms with E-state index < -0.39 is 4.92 Å². The first-order valence-corrected chi connectivity index (χ1v) is 9.91. The topological polar surface area (TPSA) is 125 Å². The molecule has 1 saturated carbocycles. The lowest BCUT2D eigenvalue weighted by molar-refractivity contribution is -0.384. The number of nitro groups is 1. The van der Waals surface area contributed by atoms with Crippen LogP contribution < -0.4 is 20.9 Å². The largest absolute Gasteiger partial charge is 0.363 e. The van der Waals surface area contributed by atoms with Gasteiger partial charge in [-0.2, -0.15) is 4.98 Å². The van der Waals surface area contributed by atoms with Gasteiger partial charge in [0.2, 0.25) is 5.95 Å². The molecule has 0 bridgehead atoms. The number of nitrogens with zero attached hydrogens (tertiary/aromatic N) is 4. The van der Waals surface area contributed by atoms with Crippen LogP contribution >= 0.6 is 0 Å². The second-order valence-corrected chi connectivity index (χ2v) is 7.68. The van der Waals surface area contributed by atoms with Gasteiger partial charge in [0.1, 0.15) is 5.82 Å². The quantitative estimate of drug-likeness (QED) is 0.490. The van der Waals surface area contributed by atoms with Crippen molar-refractivity contribution in [2.24, 2.45) is 0 Å². The number of hydrogen-bond donors (Lipinski definition) is 3. The first-order chi connectivity index (χ1) is 14.3. The summed E-state index contributed by atoms with van der Waals surface area (Å²) in [4.78, 5) is 33.5. The highest BCUT2D eigenvalue weighted by atomic mass is 16.6. The van der Waals surface area contributed by atoms with Gasteiger partial charge in [0.15, 0.2) is 0 Å². The second kappa shape index (κ2) is 9.38. The van der Waals surface area contributed by atoms with Crippen molar-refractivity contribution in [2.45, 2.75) is 44.7 Å². The van der Waals surface area contributed by atoms with Crippen LogP contribution in [0.1, 0.15) is 31.2 Å². The van der Waals surface area contributed by atoms with Gasteiger partial charge in [-0.3, -0.25) is 10.1 Å². The number of aryl methyl sites for hydroxylation is 1. The lowest BCUT2D eigenvalue weighted by atomic mass is 9.91. The van der Waals surface area contributed by atoms with Crippen LogP contribution in [0.5, 0.6) is 0 Å². The minimum absolute atomic E-state index is 0.0519. The van der Waals surface area contributed by atoms with Crippen LogP contribution in [-0.2, 0) is 0 Å². The lowest BCUT2D eigenvalue weighted by Crippen LogP contribution is -2.42. The summed E-state index contributed by atoms with van der Waals surface area (Å²) < 4.78 is 0. The highest BCUT2D eigenvalue weighted by Gasteiger charge is 2.23. The molecule has 1 heterocycles. The minimum Gasteiger partial charge on any atom is -0.363 e. The predicted octanol–water partition coefficient (Wildman–Crippen LogP) is 3.30. The third-order valence-corrected chi connectivity index (χ3v) is 5.17. The van der Waals surface area contributed by atoms with Crippen LogP contribution in [-0.4, -0.2) is 47.1 Å². The summed E-state index contributed by atoms with van der Waals surface area (Å²) in [6.45, 7) is 1.80. The van der Waals surface area contributed by atoms with Crippen molar-refractivity contribution in [1.82, 2.24) is 15.3 Å². The van der Waals surface area contributed by atoms with E-state index in [9.17, 15) is 14.9 Å². The summed E-state index contributed by atoms with van der Waals surface area (Å²) in [7, 11) is 3.87. The van der Waals surface area contributed by atoms with Crippen LogP contribution in [0.15, 0.2) is 30.5 Å². The second-order valence-electron chi connectivity index (χ2n) is 7.68. The van der Waals surface area contributed by atoms with Gasteiger partial charge in [-0.1, -0.05) is 6.07 Å². The van der Waals surface area contributed by atoms with Crippen LogP contribution in [0.4, 0.5) is 27.9 Å². The number of nitro benzene ring substituents is 1. The summed E-state index contributed by atoms with van der Waals surface area (Å²) in [5, 5.41) is 20.0. The first-order valence-electron chi connectivity index (χ1n) is 9.91. The third-order valence-electron chi connectivity index (χ3n) is 5.17. The van der Waals surface area contributed by atoms with Crippen LogP contribution in [0.25, 0.3) is 0 Å². The van der Waals surface area contributed by atoms with Crippen molar-refractivity contribution in [3.63, 3.8) is 0 Å². The van der Waals surface area contributed by atoms with Gasteiger partial charge in [-0.05, 0) is 44.2 Å². The monoisotopic (exact) mass is 413 g/mol. The fourth-order valence-corrected chi connectivity index (χ4v) is 3.43. The zero-order valence-corrected chi connectivity index (χ0v) is 17.4. The molecule has 3 rings (SSSR count). The van der Waals surface area contributed by atoms with Crippen molar-refractivity contribution >= 4 is 29.2 Å². The van der Waals surface area contributed by atoms with E-state index in [0.29, 0.717) is 11.6 Å². The zero-order chi connectivity index (χ0) is 21.7. The van der Waals surface area contributed by atoms with Gasteiger partial charge >= 0.3 is 6.03 Å². The Hall–Kier alpha value is -3.43. The van der Waals surface area contributed by atoms with Crippen molar-refractivity contribution in [2.75, 3.05) is 29.6 Å². The van der Waals surface area contributed by atoms with Gasteiger partial charge in [-0.15, -0.1) is 0 Å². The molecule has 10 nitrogen and oxygen atoms in total. The fourth-order valence-electron chi connectivity index (χ4n) is 3.43. The van der Waals surface area contributed by atoms with Gasteiger partial charge in [0.25, 0.3) is 5.69 Å². The Morgan fingerprint density at radius 2 is 1.87 bits per heavy atom. The number of carbonyl (C=O) groups excluding carboxylic acids is 1. The Morgan fingerprint density at radius 1 is 1.17 bits per heavy atom. The lowest BCUT2D eigenvalue weighted by Gasteiger charge is -2.29. The number of amides is 2. The number of hydrogen-bond acceptors (Lipinski definition) is 7. The first kappa shape index (κ1) is 21.3. The molecular weight excluding hydrogens is 386 g/mol. The molecule has 0 spiro atoms. The SMILES string of the molecule is Cc1ccc([N+](=O)[O-])cc1NC(=O)NC1CCC(Nc2nccc(N(C)C)n2)CC1. The maximum absolute atomic E-state index is 12.4. The average Bonchev–Trinajstić information content (AvgIpc) is 2.71. The Kier molecular flexibility index (Phi) is 6.65. The number of rotatable bonds is 6. The number of aromatic nitrogens is 2. The number of urea groups is 1. The Morgan fingerprint density at radius 3 is 2.53 bits per heavy atom.